The van der Waals surface area contributed by atoms with Gasteiger partial charge in [-0.3, -0.25) is 4.79 Å². The zero-order chi connectivity index (χ0) is 17.1. The molecule has 1 heterocycles. The Hall–Kier alpha value is -2.24. The van der Waals surface area contributed by atoms with Crippen molar-refractivity contribution >= 4 is 50.6 Å². The van der Waals surface area contributed by atoms with Crippen LogP contribution in [0.4, 0.5) is 0 Å². The molecule has 1 amide bonds. The lowest BCUT2D eigenvalue weighted by molar-refractivity contribution is 0.0954. The third-order valence-corrected chi connectivity index (χ3v) is 4.51. The molecule has 0 radical (unpaired) electrons. The van der Waals surface area contributed by atoms with Gasteiger partial charge in [0.25, 0.3) is 5.91 Å². The third kappa shape index (κ3) is 3.47. The number of benzene rings is 2. The minimum absolute atomic E-state index is 0.306. The molecule has 0 aliphatic rings. The number of pyridine rings is 1. The summed E-state index contributed by atoms with van der Waals surface area (Å²) in [6, 6.07) is 14.9. The second-order valence-electron chi connectivity index (χ2n) is 5.19. The molecule has 24 heavy (non-hydrogen) atoms. The van der Waals surface area contributed by atoms with Gasteiger partial charge < -0.3 is 0 Å². The van der Waals surface area contributed by atoms with Crippen molar-refractivity contribution in [3.8, 4) is 0 Å². The number of carbonyl (C=O) groups excluding carboxylic acids is 1. The minimum Gasteiger partial charge on any atom is -0.267 e. The summed E-state index contributed by atoms with van der Waals surface area (Å²) in [5.41, 5.74) is 5.55. The van der Waals surface area contributed by atoms with Crippen LogP contribution in [0.2, 0.25) is 5.15 Å². The molecule has 1 N–H and O–H groups in total. The molecule has 2 aromatic carbocycles. The number of para-hydroxylation sites is 1. The zero-order valence-electron chi connectivity index (χ0n) is 12.8. The number of hydrogen-bond donors (Lipinski definition) is 1. The van der Waals surface area contributed by atoms with Crippen LogP contribution in [0.25, 0.3) is 10.9 Å². The number of amides is 1. The van der Waals surface area contributed by atoms with Crippen LogP contribution in [0.3, 0.4) is 0 Å². The predicted molar refractivity (Wildman–Crippen MR) is 101 cm³/mol. The van der Waals surface area contributed by atoms with Gasteiger partial charge in [-0.1, -0.05) is 41.9 Å². The monoisotopic (exact) mass is 401 g/mol. The van der Waals surface area contributed by atoms with Crippen molar-refractivity contribution in [1.29, 1.82) is 0 Å². The Morgan fingerprint density at radius 2 is 2.04 bits per heavy atom. The molecular weight excluding hydrogens is 390 g/mol. The van der Waals surface area contributed by atoms with E-state index in [1.165, 1.54) is 6.21 Å². The van der Waals surface area contributed by atoms with Gasteiger partial charge in [0.05, 0.1) is 17.3 Å². The standard InChI is InChI=1S/C18H13BrClN3O/c1-11-5-4-6-12-9-13(17(20)22-16(11)12)10-21-23-18(24)14-7-2-3-8-15(14)19/h2-10H,1H3,(H,23,24)/b21-10-. The van der Waals surface area contributed by atoms with E-state index in [1.54, 1.807) is 18.2 Å². The number of hydrogen-bond acceptors (Lipinski definition) is 3. The first kappa shape index (κ1) is 16.6. The summed E-state index contributed by atoms with van der Waals surface area (Å²) in [6.07, 6.45) is 1.49. The lowest BCUT2D eigenvalue weighted by Crippen LogP contribution is -2.18. The summed E-state index contributed by atoms with van der Waals surface area (Å²) >= 11 is 9.55. The van der Waals surface area contributed by atoms with Crippen LogP contribution < -0.4 is 5.43 Å². The maximum Gasteiger partial charge on any atom is 0.272 e. The molecule has 0 fully saturated rings. The third-order valence-electron chi connectivity index (χ3n) is 3.52. The average Bonchev–Trinajstić information content (AvgIpc) is 2.56. The van der Waals surface area contributed by atoms with Gasteiger partial charge in [0.1, 0.15) is 5.15 Å². The average molecular weight is 403 g/mol. The first-order valence-electron chi connectivity index (χ1n) is 7.20. The van der Waals surface area contributed by atoms with Crippen molar-refractivity contribution in [2.24, 2.45) is 5.10 Å². The number of fused-ring (bicyclic) bond motifs is 1. The highest BCUT2D eigenvalue weighted by molar-refractivity contribution is 9.10. The van der Waals surface area contributed by atoms with Gasteiger partial charge in [-0.2, -0.15) is 5.10 Å². The summed E-state index contributed by atoms with van der Waals surface area (Å²) in [5, 5.41) is 5.29. The zero-order valence-corrected chi connectivity index (χ0v) is 15.1. The van der Waals surface area contributed by atoms with Gasteiger partial charge in [-0.25, -0.2) is 10.4 Å². The van der Waals surface area contributed by atoms with Gasteiger partial charge in [0.2, 0.25) is 0 Å². The molecule has 0 aliphatic carbocycles. The summed E-state index contributed by atoms with van der Waals surface area (Å²) in [7, 11) is 0. The molecule has 3 aromatic rings. The number of nitrogens with zero attached hydrogens (tertiary/aromatic N) is 2. The Morgan fingerprint density at radius 3 is 2.83 bits per heavy atom. The molecule has 1 aromatic heterocycles. The van der Waals surface area contributed by atoms with Gasteiger partial charge >= 0.3 is 0 Å². The Balaban J connectivity index is 1.82. The Morgan fingerprint density at radius 1 is 1.25 bits per heavy atom. The Labute approximate surface area is 152 Å². The van der Waals surface area contributed by atoms with Gasteiger partial charge in [-0.05, 0) is 46.6 Å². The lowest BCUT2D eigenvalue weighted by Gasteiger charge is -2.05. The van der Waals surface area contributed by atoms with E-state index in [1.807, 2.05) is 37.3 Å². The highest BCUT2D eigenvalue weighted by Gasteiger charge is 2.08. The predicted octanol–water partition coefficient (Wildman–Crippen LogP) is 4.72. The SMILES string of the molecule is Cc1cccc2cc(/C=N\NC(=O)c3ccccc3Br)c(Cl)nc12. The number of aryl methyl sites for hydroxylation is 1. The number of rotatable bonds is 3. The maximum absolute atomic E-state index is 12.1. The normalized spacial score (nSPS) is 11.1. The Bertz CT molecular complexity index is 956. The molecule has 0 atom stereocenters. The topological polar surface area (TPSA) is 54.4 Å². The van der Waals surface area contributed by atoms with Crippen LogP contribution in [-0.4, -0.2) is 17.1 Å². The van der Waals surface area contributed by atoms with E-state index >= 15 is 0 Å². The van der Waals surface area contributed by atoms with Gasteiger partial charge in [0, 0.05) is 15.4 Å². The molecular formula is C18H13BrClN3O. The molecule has 0 aliphatic heterocycles. The van der Waals surface area contributed by atoms with E-state index in [2.05, 4.69) is 31.4 Å². The van der Waals surface area contributed by atoms with E-state index in [-0.39, 0.29) is 5.91 Å². The maximum atomic E-state index is 12.1. The molecule has 3 rings (SSSR count). The summed E-state index contributed by atoms with van der Waals surface area (Å²) in [6.45, 7) is 1.98. The summed E-state index contributed by atoms with van der Waals surface area (Å²) < 4.78 is 0.707. The number of halogens is 2. The minimum atomic E-state index is -0.306. The van der Waals surface area contributed by atoms with E-state index in [0.29, 0.717) is 20.8 Å². The summed E-state index contributed by atoms with van der Waals surface area (Å²) in [4.78, 5) is 16.5. The highest BCUT2D eigenvalue weighted by atomic mass is 79.9. The molecule has 6 heteroatoms. The van der Waals surface area contributed by atoms with Crippen molar-refractivity contribution in [1.82, 2.24) is 10.4 Å². The van der Waals surface area contributed by atoms with E-state index in [0.717, 1.165) is 16.5 Å². The first-order chi connectivity index (χ1) is 11.6. The second-order valence-corrected chi connectivity index (χ2v) is 6.41. The largest absolute Gasteiger partial charge is 0.272 e. The van der Waals surface area contributed by atoms with Crippen molar-refractivity contribution in [3.05, 3.63) is 74.8 Å². The van der Waals surface area contributed by atoms with Gasteiger partial charge in [-0.15, -0.1) is 0 Å². The van der Waals surface area contributed by atoms with Crippen molar-refractivity contribution in [2.75, 3.05) is 0 Å². The number of carbonyl (C=O) groups is 1. The molecule has 0 unspecified atom stereocenters. The van der Waals surface area contributed by atoms with Gasteiger partial charge in [0.15, 0.2) is 0 Å². The molecule has 0 saturated carbocycles. The fourth-order valence-corrected chi connectivity index (χ4v) is 2.95. The fourth-order valence-electron chi connectivity index (χ4n) is 2.30. The van der Waals surface area contributed by atoms with Crippen molar-refractivity contribution in [2.45, 2.75) is 6.92 Å². The molecule has 120 valence electrons. The number of aromatic nitrogens is 1. The number of nitrogens with one attached hydrogen (secondary N) is 1. The molecule has 0 bridgehead atoms. The van der Waals surface area contributed by atoms with Crippen molar-refractivity contribution < 1.29 is 4.79 Å². The first-order valence-corrected chi connectivity index (χ1v) is 8.37. The van der Waals surface area contributed by atoms with Crippen LogP contribution in [0.1, 0.15) is 21.5 Å². The smallest absolute Gasteiger partial charge is 0.267 e. The van der Waals surface area contributed by atoms with E-state index in [4.69, 9.17) is 11.6 Å². The molecule has 0 spiro atoms. The van der Waals surface area contributed by atoms with Crippen LogP contribution >= 0.6 is 27.5 Å². The van der Waals surface area contributed by atoms with Crippen LogP contribution in [0.5, 0.6) is 0 Å². The van der Waals surface area contributed by atoms with Crippen LogP contribution in [0.15, 0.2) is 58.1 Å². The van der Waals surface area contributed by atoms with E-state index in [9.17, 15) is 4.79 Å². The van der Waals surface area contributed by atoms with E-state index < -0.39 is 0 Å². The lowest BCUT2D eigenvalue weighted by atomic mass is 10.1. The fraction of sp³-hybridized carbons (Fsp3) is 0.0556. The van der Waals surface area contributed by atoms with Crippen molar-refractivity contribution in [3.63, 3.8) is 0 Å². The Kier molecular flexibility index (Phi) is 4.92. The summed E-state index contributed by atoms with van der Waals surface area (Å²) in [5.74, 6) is -0.306. The number of hydrazone groups is 1. The molecule has 4 nitrogen and oxygen atoms in total. The highest BCUT2D eigenvalue weighted by Crippen LogP contribution is 2.22. The quantitative estimate of drug-likeness (QED) is 0.391. The van der Waals surface area contributed by atoms with Crippen LogP contribution in [-0.2, 0) is 0 Å². The second kappa shape index (κ2) is 7.11. The van der Waals surface area contributed by atoms with Crippen LogP contribution in [0, 0.1) is 6.92 Å². The molecule has 0 saturated heterocycles.